The average Bonchev–Trinajstić information content (AvgIpc) is 2.93. The molecule has 96 valence electrons. The predicted molar refractivity (Wildman–Crippen MR) is 81.6 cm³/mol. The van der Waals surface area contributed by atoms with E-state index in [9.17, 15) is 0 Å². The van der Waals surface area contributed by atoms with Crippen LogP contribution in [0.3, 0.4) is 0 Å². The van der Waals surface area contributed by atoms with Gasteiger partial charge in [-0.25, -0.2) is 0 Å². The molecule has 0 atom stereocenters. The van der Waals surface area contributed by atoms with Gasteiger partial charge in [-0.15, -0.1) is 0 Å². The second kappa shape index (κ2) is 5.36. The fourth-order valence-corrected chi connectivity index (χ4v) is 2.66. The Hall–Kier alpha value is -1.94. The standard InChI is InChI=1S/C15H15N3S/c1-2-10-16-15-17-14(18-19-15)13-9-5-7-11-6-3-4-8-12(11)13/h3-9H,2,10H2,1H3,(H,16,17,18). The van der Waals surface area contributed by atoms with Crippen LogP contribution in [0.25, 0.3) is 22.2 Å². The van der Waals surface area contributed by atoms with Gasteiger partial charge in [-0.05, 0) is 17.2 Å². The van der Waals surface area contributed by atoms with Gasteiger partial charge in [0.2, 0.25) is 5.13 Å². The molecule has 3 rings (SSSR count). The molecule has 3 nitrogen and oxygen atoms in total. The number of hydrogen-bond acceptors (Lipinski definition) is 4. The number of nitrogens with zero attached hydrogens (tertiary/aromatic N) is 2. The summed E-state index contributed by atoms with van der Waals surface area (Å²) in [7, 11) is 0. The molecule has 0 unspecified atom stereocenters. The topological polar surface area (TPSA) is 37.8 Å². The zero-order chi connectivity index (χ0) is 13.1. The normalized spacial score (nSPS) is 10.8. The fraction of sp³-hybridized carbons (Fsp3) is 0.200. The van der Waals surface area contributed by atoms with E-state index in [-0.39, 0.29) is 0 Å². The molecule has 0 aliphatic heterocycles. The smallest absolute Gasteiger partial charge is 0.202 e. The van der Waals surface area contributed by atoms with E-state index in [1.54, 1.807) is 0 Å². The summed E-state index contributed by atoms with van der Waals surface area (Å²) >= 11 is 1.42. The van der Waals surface area contributed by atoms with Crippen molar-refractivity contribution in [2.75, 3.05) is 11.9 Å². The summed E-state index contributed by atoms with van der Waals surface area (Å²) in [6.07, 6.45) is 1.09. The van der Waals surface area contributed by atoms with Crippen LogP contribution in [0.1, 0.15) is 13.3 Å². The third-order valence-corrected chi connectivity index (χ3v) is 3.66. The Morgan fingerprint density at radius 2 is 1.95 bits per heavy atom. The Kier molecular flexibility index (Phi) is 3.42. The monoisotopic (exact) mass is 269 g/mol. The maximum Gasteiger partial charge on any atom is 0.202 e. The highest BCUT2D eigenvalue weighted by Gasteiger charge is 2.09. The summed E-state index contributed by atoms with van der Waals surface area (Å²) in [5.74, 6) is 0.806. The van der Waals surface area contributed by atoms with Gasteiger partial charge in [0.05, 0.1) is 0 Å². The lowest BCUT2D eigenvalue weighted by Crippen LogP contribution is -1.98. The Morgan fingerprint density at radius 1 is 1.11 bits per heavy atom. The van der Waals surface area contributed by atoms with E-state index in [1.807, 2.05) is 0 Å². The zero-order valence-electron chi connectivity index (χ0n) is 10.8. The maximum absolute atomic E-state index is 4.56. The average molecular weight is 269 g/mol. The lowest BCUT2D eigenvalue weighted by Gasteiger charge is -2.02. The van der Waals surface area contributed by atoms with E-state index in [4.69, 9.17) is 0 Å². The van der Waals surface area contributed by atoms with Gasteiger partial charge >= 0.3 is 0 Å². The Balaban J connectivity index is 2.02. The number of anilines is 1. The van der Waals surface area contributed by atoms with Crippen LogP contribution in [-0.2, 0) is 0 Å². The van der Waals surface area contributed by atoms with Crippen molar-refractivity contribution >= 4 is 27.4 Å². The maximum atomic E-state index is 4.56. The van der Waals surface area contributed by atoms with E-state index in [0.29, 0.717) is 0 Å². The summed E-state index contributed by atoms with van der Waals surface area (Å²) < 4.78 is 4.46. The fourth-order valence-electron chi connectivity index (χ4n) is 2.06. The minimum Gasteiger partial charge on any atom is -0.360 e. The minimum absolute atomic E-state index is 0.806. The number of nitrogens with one attached hydrogen (secondary N) is 1. The zero-order valence-corrected chi connectivity index (χ0v) is 11.6. The molecule has 0 saturated heterocycles. The Bertz CT molecular complexity index is 685. The van der Waals surface area contributed by atoms with Crippen LogP contribution in [0.2, 0.25) is 0 Å². The highest BCUT2D eigenvalue weighted by molar-refractivity contribution is 7.09. The third-order valence-electron chi connectivity index (χ3n) is 2.98. The second-order valence-corrected chi connectivity index (χ2v) is 5.13. The molecule has 4 heteroatoms. The van der Waals surface area contributed by atoms with E-state index < -0.39 is 0 Å². The molecule has 1 aromatic heterocycles. The number of benzene rings is 2. The molecule has 0 spiro atoms. The van der Waals surface area contributed by atoms with Gasteiger partial charge in [-0.3, -0.25) is 0 Å². The lowest BCUT2D eigenvalue weighted by molar-refractivity contribution is 0.976. The summed E-state index contributed by atoms with van der Waals surface area (Å²) in [6.45, 7) is 3.07. The first-order chi connectivity index (χ1) is 9.38. The van der Waals surface area contributed by atoms with Crippen LogP contribution in [0, 0.1) is 0 Å². The molecule has 0 saturated carbocycles. The quantitative estimate of drug-likeness (QED) is 0.772. The van der Waals surface area contributed by atoms with E-state index >= 15 is 0 Å². The molecule has 19 heavy (non-hydrogen) atoms. The molecular formula is C15H15N3S. The van der Waals surface area contributed by atoms with Crippen LogP contribution in [0.15, 0.2) is 42.5 Å². The molecular weight excluding hydrogens is 254 g/mol. The van der Waals surface area contributed by atoms with Crippen molar-refractivity contribution in [3.63, 3.8) is 0 Å². The van der Waals surface area contributed by atoms with E-state index in [0.717, 1.165) is 29.5 Å². The van der Waals surface area contributed by atoms with Crippen LogP contribution in [-0.4, -0.2) is 15.9 Å². The molecule has 2 aromatic carbocycles. The van der Waals surface area contributed by atoms with Crippen molar-refractivity contribution in [3.05, 3.63) is 42.5 Å². The van der Waals surface area contributed by atoms with Crippen molar-refractivity contribution < 1.29 is 0 Å². The van der Waals surface area contributed by atoms with Crippen LogP contribution in [0.5, 0.6) is 0 Å². The third kappa shape index (κ3) is 2.44. The number of aromatic nitrogens is 2. The highest BCUT2D eigenvalue weighted by Crippen LogP contribution is 2.28. The van der Waals surface area contributed by atoms with Gasteiger partial charge in [0, 0.05) is 23.6 Å². The molecule has 0 aliphatic carbocycles. The number of fused-ring (bicyclic) bond motifs is 1. The van der Waals surface area contributed by atoms with Crippen LogP contribution < -0.4 is 5.32 Å². The first-order valence-corrected chi connectivity index (χ1v) is 7.21. The molecule has 1 N–H and O–H groups in total. The van der Waals surface area contributed by atoms with Crippen molar-refractivity contribution in [1.29, 1.82) is 0 Å². The predicted octanol–water partition coefficient (Wildman–Crippen LogP) is 4.18. The SMILES string of the molecule is CCCNc1nc(-c2cccc3ccccc23)ns1. The molecule has 0 aliphatic rings. The summed E-state index contributed by atoms with van der Waals surface area (Å²) in [5, 5.41) is 6.59. The van der Waals surface area contributed by atoms with Crippen molar-refractivity contribution in [3.8, 4) is 11.4 Å². The second-order valence-electron chi connectivity index (χ2n) is 4.38. The molecule has 0 radical (unpaired) electrons. The minimum atomic E-state index is 0.806. The highest BCUT2D eigenvalue weighted by atomic mass is 32.1. The van der Waals surface area contributed by atoms with E-state index in [2.05, 4.69) is 64.1 Å². The van der Waals surface area contributed by atoms with Crippen LogP contribution >= 0.6 is 11.5 Å². The van der Waals surface area contributed by atoms with Gasteiger partial charge < -0.3 is 5.32 Å². The molecule has 0 amide bonds. The summed E-state index contributed by atoms with van der Waals surface area (Å²) in [4.78, 5) is 4.56. The summed E-state index contributed by atoms with van der Waals surface area (Å²) in [6, 6.07) is 14.6. The van der Waals surface area contributed by atoms with Crippen molar-refractivity contribution in [1.82, 2.24) is 9.36 Å². The first kappa shape index (κ1) is 12.1. The van der Waals surface area contributed by atoms with E-state index in [1.165, 1.54) is 22.3 Å². The Labute approximate surface area is 116 Å². The Morgan fingerprint density at radius 3 is 2.84 bits per heavy atom. The first-order valence-electron chi connectivity index (χ1n) is 6.44. The van der Waals surface area contributed by atoms with Gasteiger partial charge in [0.1, 0.15) is 0 Å². The molecule has 3 aromatic rings. The molecule has 0 bridgehead atoms. The molecule has 1 heterocycles. The van der Waals surface area contributed by atoms with Gasteiger partial charge in [0.15, 0.2) is 5.82 Å². The van der Waals surface area contributed by atoms with Crippen LogP contribution in [0.4, 0.5) is 5.13 Å². The number of rotatable bonds is 4. The lowest BCUT2D eigenvalue weighted by atomic mass is 10.0. The van der Waals surface area contributed by atoms with Crippen molar-refractivity contribution in [2.45, 2.75) is 13.3 Å². The van der Waals surface area contributed by atoms with Gasteiger partial charge in [0.25, 0.3) is 0 Å². The summed E-state index contributed by atoms with van der Waals surface area (Å²) in [5.41, 5.74) is 1.10. The number of hydrogen-bond donors (Lipinski definition) is 1. The molecule has 0 fully saturated rings. The van der Waals surface area contributed by atoms with Gasteiger partial charge in [-0.1, -0.05) is 49.4 Å². The largest absolute Gasteiger partial charge is 0.360 e. The van der Waals surface area contributed by atoms with Crippen molar-refractivity contribution in [2.24, 2.45) is 0 Å². The van der Waals surface area contributed by atoms with Gasteiger partial charge in [-0.2, -0.15) is 9.36 Å².